The van der Waals surface area contributed by atoms with Gasteiger partial charge in [-0.2, -0.15) is 0 Å². The largest absolute Gasteiger partial charge is 0.375 e. The smallest absolute Gasteiger partial charge is 0.288 e. The van der Waals surface area contributed by atoms with Crippen LogP contribution in [0.15, 0.2) is 18.2 Å². The molecular weight excluding hydrogens is 284 g/mol. The first-order valence-corrected chi connectivity index (χ1v) is 6.75. The lowest BCUT2D eigenvalue weighted by Crippen LogP contribution is -2.45. The molecule has 108 valence electrons. The number of ether oxygens (including phenoxy) is 1. The van der Waals surface area contributed by atoms with E-state index in [1.165, 1.54) is 18.2 Å². The van der Waals surface area contributed by atoms with Gasteiger partial charge < -0.3 is 9.64 Å². The highest BCUT2D eigenvalue weighted by Crippen LogP contribution is 2.26. The minimum Gasteiger partial charge on any atom is -0.375 e. The number of benzene rings is 1. The average Bonchev–Trinajstić information content (AvgIpc) is 2.46. The van der Waals surface area contributed by atoms with Gasteiger partial charge in [0.05, 0.1) is 17.6 Å². The molecule has 6 nitrogen and oxygen atoms in total. The van der Waals surface area contributed by atoms with E-state index in [9.17, 15) is 14.9 Å². The minimum absolute atomic E-state index is 0.0231. The first kappa shape index (κ1) is 14.7. The molecule has 0 aliphatic carbocycles. The van der Waals surface area contributed by atoms with Gasteiger partial charge in [-0.25, -0.2) is 0 Å². The van der Waals surface area contributed by atoms with E-state index in [1.54, 1.807) is 4.90 Å². The number of carbonyl (C=O) groups is 1. The molecular formula is C13H15ClN2O4. The Morgan fingerprint density at radius 2 is 2.35 bits per heavy atom. The molecule has 1 aliphatic rings. The number of nitrogens with zero attached hydrogens (tertiary/aromatic N) is 2. The van der Waals surface area contributed by atoms with E-state index in [0.717, 1.165) is 6.42 Å². The fraction of sp³-hybridized carbons (Fsp3) is 0.462. The van der Waals surface area contributed by atoms with Crippen LogP contribution in [0.25, 0.3) is 0 Å². The molecule has 0 N–H and O–H groups in total. The van der Waals surface area contributed by atoms with Gasteiger partial charge in [0.15, 0.2) is 0 Å². The number of morpholine rings is 1. The van der Waals surface area contributed by atoms with Gasteiger partial charge in [0.1, 0.15) is 5.02 Å². The van der Waals surface area contributed by atoms with Crippen molar-refractivity contribution in [3.63, 3.8) is 0 Å². The molecule has 1 atom stereocenters. The van der Waals surface area contributed by atoms with Crippen molar-refractivity contribution in [3.8, 4) is 0 Å². The molecule has 1 amide bonds. The van der Waals surface area contributed by atoms with Gasteiger partial charge in [-0.15, -0.1) is 0 Å². The van der Waals surface area contributed by atoms with Crippen molar-refractivity contribution in [3.05, 3.63) is 38.9 Å². The lowest BCUT2D eigenvalue weighted by Gasteiger charge is -2.32. The van der Waals surface area contributed by atoms with Crippen molar-refractivity contribution < 1.29 is 14.5 Å². The summed E-state index contributed by atoms with van der Waals surface area (Å²) in [5, 5.41) is 10.9. The number of hydrogen-bond acceptors (Lipinski definition) is 4. The van der Waals surface area contributed by atoms with E-state index >= 15 is 0 Å². The highest BCUT2D eigenvalue weighted by molar-refractivity contribution is 6.32. The zero-order chi connectivity index (χ0) is 14.7. The summed E-state index contributed by atoms with van der Waals surface area (Å²) in [4.78, 5) is 24.3. The summed E-state index contributed by atoms with van der Waals surface area (Å²) in [6.07, 6.45) is 0.847. The Bertz CT molecular complexity index is 535. The molecule has 1 heterocycles. The summed E-state index contributed by atoms with van der Waals surface area (Å²) in [7, 11) is 0. The molecule has 1 saturated heterocycles. The van der Waals surface area contributed by atoms with Gasteiger partial charge in [-0.1, -0.05) is 18.5 Å². The highest BCUT2D eigenvalue weighted by atomic mass is 35.5. The van der Waals surface area contributed by atoms with Crippen LogP contribution in [0.5, 0.6) is 0 Å². The summed E-state index contributed by atoms with van der Waals surface area (Å²) in [5.74, 6) is -0.230. The third-order valence-corrected chi connectivity index (χ3v) is 3.59. The van der Waals surface area contributed by atoms with E-state index in [4.69, 9.17) is 16.3 Å². The summed E-state index contributed by atoms with van der Waals surface area (Å²) in [6, 6.07) is 4.11. The number of nitro benzene ring substituents is 1. The monoisotopic (exact) mass is 298 g/mol. The second-order valence-electron chi connectivity index (χ2n) is 4.58. The predicted octanol–water partition coefficient (Wildman–Crippen LogP) is 2.50. The van der Waals surface area contributed by atoms with Crippen molar-refractivity contribution >= 4 is 23.2 Å². The van der Waals surface area contributed by atoms with Crippen LogP contribution in [0, 0.1) is 10.1 Å². The third-order valence-electron chi connectivity index (χ3n) is 3.27. The van der Waals surface area contributed by atoms with Crippen LogP contribution in [0.1, 0.15) is 23.7 Å². The minimum atomic E-state index is -0.590. The maximum Gasteiger partial charge on any atom is 0.288 e. The molecule has 1 fully saturated rings. The van der Waals surface area contributed by atoms with Crippen molar-refractivity contribution in [1.29, 1.82) is 0 Å². The molecule has 1 aliphatic heterocycles. The number of nitro groups is 1. The Balaban J connectivity index is 2.20. The normalized spacial score (nSPS) is 18.9. The number of halogens is 1. The quantitative estimate of drug-likeness (QED) is 0.635. The van der Waals surface area contributed by atoms with E-state index < -0.39 is 4.92 Å². The zero-order valence-corrected chi connectivity index (χ0v) is 11.8. The molecule has 0 spiro atoms. The van der Waals surface area contributed by atoms with Crippen molar-refractivity contribution in [2.24, 2.45) is 0 Å². The summed E-state index contributed by atoms with van der Waals surface area (Å²) < 4.78 is 5.50. The molecule has 1 aromatic rings. The summed E-state index contributed by atoms with van der Waals surface area (Å²) >= 11 is 5.74. The van der Waals surface area contributed by atoms with E-state index in [2.05, 4.69) is 0 Å². The van der Waals surface area contributed by atoms with Crippen LogP contribution in [-0.2, 0) is 4.74 Å². The lowest BCUT2D eigenvalue weighted by molar-refractivity contribution is -0.384. The molecule has 1 unspecified atom stereocenters. The molecule has 7 heteroatoms. The average molecular weight is 299 g/mol. The Kier molecular flexibility index (Phi) is 4.57. The van der Waals surface area contributed by atoms with E-state index in [0.29, 0.717) is 19.7 Å². The van der Waals surface area contributed by atoms with E-state index in [-0.39, 0.29) is 28.3 Å². The fourth-order valence-corrected chi connectivity index (χ4v) is 2.31. The van der Waals surface area contributed by atoms with Crippen LogP contribution in [0.3, 0.4) is 0 Å². The van der Waals surface area contributed by atoms with Gasteiger partial charge in [-0.3, -0.25) is 14.9 Å². The standard InChI is InChI=1S/C13H15ClN2O4/c1-2-10-8-15(5-6-20-10)13(17)9-3-4-11(14)12(7-9)16(18)19/h3-4,7,10H,2,5-6,8H2,1H3. The Morgan fingerprint density at radius 3 is 3.00 bits per heavy atom. The predicted molar refractivity (Wildman–Crippen MR) is 74.0 cm³/mol. The SMILES string of the molecule is CCC1CN(C(=O)c2ccc(Cl)c([N+](=O)[O-])c2)CCO1. The fourth-order valence-electron chi connectivity index (χ4n) is 2.12. The second kappa shape index (κ2) is 6.19. The molecule has 0 bridgehead atoms. The van der Waals surface area contributed by atoms with Gasteiger partial charge in [0.25, 0.3) is 11.6 Å². The maximum atomic E-state index is 12.4. The number of carbonyl (C=O) groups excluding carboxylic acids is 1. The number of rotatable bonds is 3. The molecule has 2 rings (SSSR count). The zero-order valence-electron chi connectivity index (χ0n) is 11.0. The Morgan fingerprint density at radius 1 is 1.60 bits per heavy atom. The van der Waals surface area contributed by atoms with Crippen LogP contribution >= 0.6 is 11.6 Å². The molecule has 1 aromatic carbocycles. The lowest BCUT2D eigenvalue weighted by atomic mass is 10.1. The Labute approximate surface area is 121 Å². The third kappa shape index (κ3) is 3.08. The highest BCUT2D eigenvalue weighted by Gasteiger charge is 2.25. The van der Waals surface area contributed by atoms with Crippen LogP contribution in [0.4, 0.5) is 5.69 Å². The van der Waals surface area contributed by atoms with Crippen molar-refractivity contribution in [1.82, 2.24) is 4.90 Å². The molecule has 0 saturated carbocycles. The molecule has 0 aromatic heterocycles. The molecule has 0 radical (unpaired) electrons. The van der Waals surface area contributed by atoms with Crippen LogP contribution in [0.2, 0.25) is 5.02 Å². The first-order chi connectivity index (χ1) is 9.52. The van der Waals surface area contributed by atoms with Crippen LogP contribution < -0.4 is 0 Å². The van der Waals surface area contributed by atoms with Crippen molar-refractivity contribution in [2.75, 3.05) is 19.7 Å². The summed E-state index contributed by atoms with van der Waals surface area (Å²) in [5.41, 5.74) is 0.0238. The van der Waals surface area contributed by atoms with Gasteiger partial charge >= 0.3 is 0 Å². The molecule has 20 heavy (non-hydrogen) atoms. The number of hydrogen-bond donors (Lipinski definition) is 0. The Hall–Kier alpha value is -1.66. The maximum absolute atomic E-state index is 12.4. The van der Waals surface area contributed by atoms with Gasteiger partial charge in [0.2, 0.25) is 0 Å². The second-order valence-corrected chi connectivity index (χ2v) is 4.98. The summed E-state index contributed by atoms with van der Waals surface area (Å²) in [6.45, 7) is 3.48. The number of amides is 1. The van der Waals surface area contributed by atoms with Crippen molar-refractivity contribution in [2.45, 2.75) is 19.4 Å². The van der Waals surface area contributed by atoms with Gasteiger partial charge in [-0.05, 0) is 18.6 Å². The van der Waals surface area contributed by atoms with Crippen LogP contribution in [-0.4, -0.2) is 41.5 Å². The first-order valence-electron chi connectivity index (χ1n) is 6.37. The topological polar surface area (TPSA) is 72.7 Å². The van der Waals surface area contributed by atoms with E-state index in [1.807, 2.05) is 6.92 Å². The van der Waals surface area contributed by atoms with Gasteiger partial charge in [0, 0.05) is 24.7 Å².